The van der Waals surface area contributed by atoms with E-state index in [-0.39, 0.29) is 0 Å². The first-order valence-corrected chi connectivity index (χ1v) is 4.83. The van der Waals surface area contributed by atoms with E-state index in [4.69, 9.17) is 0 Å². The molecule has 0 aliphatic heterocycles. The third kappa shape index (κ3) is 6.15. The summed E-state index contributed by atoms with van der Waals surface area (Å²) in [6, 6.07) is 0. The van der Waals surface area contributed by atoms with Gasteiger partial charge in [-0.1, -0.05) is 46.3 Å². The second-order valence-corrected chi connectivity index (χ2v) is 3.72. The summed E-state index contributed by atoms with van der Waals surface area (Å²) < 4.78 is 0. The van der Waals surface area contributed by atoms with Crippen LogP contribution in [0.3, 0.4) is 0 Å². The molecule has 0 aromatic heterocycles. The van der Waals surface area contributed by atoms with Crippen LogP contribution in [-0.2, 0) is 0 Å². The van der Waals surface area contributed by atoms with Gasteiger partial charge < -0.3 is 0 Å². The van der Waals surface area contributed by atoms with Gasteiger partial charge in [0.15, 0.2) is 0 Å². The molecule has 0 amide bonds. The van der Waals surface area contributed by atoms with Crippen molar-refractivity contribution in [1.82, 2.24) is 0 Å². The fourth-order valence-corrected chi connectivity index (χ4v) is 0.868. The predicted octanol–water partition coefficient (Wildman–Crippen LogP) is 4.02. The normalized spacial score (nSPS) is 14.6. The SMILES string of the molecule is CCCC=CCC(C)C(C)C. The number of allylic oxidation sites excluding steroid dienone is 2. The van der Waals surface area contributed by atoms with Crippen LogP contribution in [0.4, 0.5) is 0 Å². The molecule has 0 heterocycles. The summed E-state index contributed by atoms with van der Waals surface area (Å²) >= 11 is 0. The summed E-state index contributed by atoms with van der Waals surface area (Å²) in [5.74, 6) is 1.66. The lowest BCUT2D eigenvalue weighted by atomic mass is 9.94. The Morgan fingerprint density at radius 1 is 1.09 bits per heavy atom. The molecule has 0 aromatic rings. The minimum Gasteiger partial charge on any atom is -0.0885 e. The topological polar surface area (TPSA) is 0 Å². The van der Waals surface area contributed by atoms with Crippen LogP contribution in [0, 0.1) is 11.8 Å². The van der Waals surface area contributed by atoms with Gasteiger partial charge in [-0.25, -0.2) is 0 Å². The van der Waals surface area contributed by atoms with E-state index in [1.807, 2.05) is 0 Å². The zero-order chi connectivity index (χ0) is 8.69. The highest BCUT2D eigenvalue weighted by Gasteiger charge is 2.03. The average molecular weight is 154 g/mol. The van der Waals surface area contributed by atoms with E-state index < -0.39 is 0 Å². The van der Waals surface area contributed by atoms with E-state index in [0.717, 1.165) is 11.8 Å². The maximum absolute atomic E-state index is 2.33. The third-order valence-corrected chi connectivity index (χ3v) is 2.27. The molecule has 11 heavy (non-hydrogen) atoms. The van der Waals surface area contributed by atoms with Gasteiger partial charge in [-0.3, -0.25) is 0 Å². The summed E-state index contributed by atoms with van der Waals surface area (Å²) in [7, 11) is 0. The zero-order valence-corrected chi connectivity index (χ0v) is 8.43. The van der Waals surface area contributed by atoms with Crippen LogP contribution in [0.5, 0.6) is 0 Å². The Hall–Kier alpha value is -0.260. The van der Waals surface area contributed by atoms with Gasteiger partial charge in [0.05, 0.1) is 0 Å². The molecular formula is C11H22. The second kappa shape index (κ2) is 6.45. The minimum absolute atomic E-state index is 0.821. The van der Waals surface area contributed by atoms with Gasteiger partial charge in [0, 0.05) is 0 Å². The van der Waals surface area contributed by atoms with E-state index in [9.17, 15) is 0 Å². The van der Waals surface area contributed by atoms with Gasteiger partial charge in [-0.05, 0) is 24.7 Å². The fourth-order valence-electron chi connectivity index (χ4n) is 0.868. The van der Waals surface area contributed by atoms with Gasteiger partial charge in [0.25, 0.3) is 0 Å². The highest BCUT2D eigenvalue weighted by atomic mass is 14.1. The van der Waals surface area contributed by atoms with Crippen LogP contribution in [0.25, 0.3) is 0 Å². The highest BCUT2D eigenvalue weighted by Crippen LogP contribution is 2.14. The van der Waals surface area contributed by atoms with Crippen molar-refractivity contribution in [2.45, 2.75) is 47.0 Å². The molecule has 0 aromatic carbocycles. The molecule has 0 saturated carbocycles. The molecule has 1 atom stereocenters. The molecular weight excluding hydrogens is 132 g/mol. The lowest BCUT2D eigenvalue weighted by molar-refractivity contribution is 0.424. The summed E-state index contributed by atoms with van der Waals surface area (Å²) in [4.78, 5) is 0. The predicted molar refractivity (Wildman–Crippen MR) is 52.7 cm³/mol. The summed E-state index contributed by atoms with van der Waals surface area (Å²) in [6.45, 7) is 9.12. The molecule has 0 heteroatoms. The minimum atomic E-state index is 0.821. The van der Waals surface area contributed by atoms with Gasteiger partial charge in [0.1, 0.15) is 0 Å². The first kappa shape index (κ1) is 10.7. The van der Waals surface area contributed by atoms with Crippen molar-refractivity contribution >= 4 is 0 Å². The fraction of sp³-hybridized carbons (Fsp3) is 0.818. The standard InChI is InChI=1S/C11H22/c1-5-6-7-8-9-11(4)10(2)3/h7-8,10-11H,5-6,9H2,1-4H3. The smallest absolute Gasteiger partial charge is 0.0322 e. The van der Waals surface area contributed by atoms with E-state index in [0.29, 0.717) is 0 Å². The molecule has 0 spiro atoms. The van der Waals surface area contributed by atoms with Crippen LogP contribution in [-0.4, -0.2) is 0 Å². The summed E-state index contributed by atoms with van der Waals surface area (Å²) in [5, 5.41) is 0. The first-order valence-electron chi connectivity index (χ1n) is 4.83. The lowest BCUT2D eigenvalue weighted by Gasteiger charge is -2.11. The van der Waals surface area contributed by atoms with Gasteiger partial charge in [0.2, 0.25) is 0 Å². The number of unbranched alkanes of at least 4 members (excludes halogenated alkanes) is 1. The van der Waals surface area contributed by atoms with Crippen LogP contribution >= 0.6 is 0 Å². The van der Waals surface area contributed by atoms with Gasteiger partial charge >= 0.3 is 0 Å². The van der Waals surface area contributed by atoms with Crippen molar-refractivity contribution in [2.75, 3.05) is 0 Å². The van der Waals surface area contributed by atoms with Crippen LogP contribution in [0.2, 0.25) is 0 Å². The molecule has 1 unspecified atom stereocenters. The molecule has 0 fully saturated rings. The van der Waals surface area contributed by atoms with Crippen molar-refractivity contribution in [3.8, 4) is 0 Å². The molecule has 0 aliphatic carbocycles. The number of rotatable bonds is 5. The molecule has 0 bridgehead atoms. The van der Waals surface area contributed by atoms with E-state index in [1.54, 1.807) is 0 Å². The Labute approximate surface area is 71.7 Å². The maximum Gasteiger partial charge on any atom is -0.0322 e. The molecule has 0 radical (unpaired) electrons. The Morgan fingerprint density at radius 2 is 1.73 bits per heavy atom. The lowest BCUT2D eigenvalue weighted by Crippen LogP contribution is -2.01. The quantitative estimate of drug-likeness (QED) is 0.524. The molecule has 0 nitrogen and oxygen atoms in total. The van der Waals surface area contributed by atoms with Crippen molar-refractivity contribution in [1.29, 1.82) is 0 Å². The maximum atomic E-state index is 2.33. The molecule has 0 aliphatic rings. The Morgan fingerprint density at radius 3 is 2.18 bits per heavy atom. The zero-order valence-electron chi connectivity index (χ0n) is 8.43. The van der Waals surface area contributed by atoms with Crippen molar-refractivity contribution in [3.05, 3.63) is 12.2 Å². The Kier molecular flexibility index (Phi) is 6.30. The molecule has 0 N–H and O–H groups in total. The van der Waals surface area contributed by atoms with Crippen LogP contribution in [0.15, 0.2) is 12.2 Å². The van der Waals surface area contributed by atoms with Crippen molar-refractivity contribution < 1.29 is 0 Å². The second-order valence-electron chi connectivity index (χ2n) is 3.72. The monoisotopic (exact) mass is 154 g/mol. The highest BCUT2D eigenvalue weighted by molar-refractivity contribution is 4.83. The molecule has 0 saturated heterocycles. The molecule has 66 valence electrons. The van der Waals surface area contributed by atoms with Gasteiger partial charge in [-0.15, -0.1) is 0 Å². The molecule has 0 rings (SSSR count). The number of hydrogen-bond acceptors (Lipinski definition) is 0. The first-order chi connectivity index (χ1) is 5.18. The van der Waals surface area contributed by atoms with E-state index in [2.05, 4.69) is 39.8 Å². The van der Waals surface area contributed by atoms with Crippen LogP contribution < -0.4 is 0 Å². The Bertz CT molecular complexity index is 101. The van der Waals surface area contributed by atoms with Crippen molar-refractivity contribution in [2.24, 2.45) is 11.8 Å². The van der Waals surface area contributed by atoms with Crippen molar-refractivity contribution in [3.63, 3.8) is 0 Å². The summed E-state index contributed by atoms with van der Waals surface area (Å²) in [5.41, 5.74) is 0. The third-order valence-electron chi connectivity index (χ3n) is 2.27. The number of hydrogen-bond donors (Lipinski definition) is 0. The summed E-state index contributed by atoms with van der Waals surface area (Å²) in [6.07, 6.45) is 8.39. The average Bonchev–Trinajstić information content (AvgIpc) is 1.97. The van der Waals surface area contributed by atoms with E-state index >= 15 is 0 Å². The Balaban J connectivity index is 3.36. The van der Waals surface area contributed by atoms with E-state index in [1.165, 1.54) is 19.3 Å². The van der Waals surface area contributed by atoms with Gasteiger partial charge in [-0.2, -0.15) is 0 Å². The largest absolute Gasteiger partial charge is 0.0885 e. The van der Waals surface area contributed by atoms with Crippen LogP contribution in [0.1, 0.15) is 47.0 Å².